The Hall–Kier alpha value is -2.66. The van der Waals surface area contributed by atoms with Crippen molar-refractivity contribution in [1.82, 2.24) is 14.7 Å². The molecular formula is C24H28N4O. The van der Waals surface area contributed by atoms with Crippen LogP contribution in [0.3, 0.4) is 0 Å². The van der Waals surface area contributed by atoms with Crippen LogP contribution in [0.1, 0.15) is 30.4 Å². The van der Waals surface area contributed by atoms with E-state index >= 15 is 0 Å². The molecule has 3 heterocycles. The summed E-state index contributed by atoms with van der Waals surface area (Å²) in [5.41, 5.74) is 5.95. The summed E-state index contributed by atoms with van der Waals surface area (Å²) >= 11 is 0. The highest BCUT2D eigenvalue weighted by Gasteiger charge is 2.41. The van der Waals surface area contributed by atoms with Gasteiger partial charge in [0.2, 0.25) is 5.96 Å². The van der Waals surface area contributed by atoms with Gasteiger partial charge in [0.25, 0.3) is 5.91 Å². The number of hydrogen-bond acceptors (Lipinski definition) is 4. The summed E-state index contributed by atoms with van der Waals surface area (Å²) in [5, 5.41) is 0. The number of aliphatic imine (C=N–C) groups is 1. The molecule has 0 N–H and O–H groups in total. The zero-order valence-electron chi connectivity index (χ0n) is 17.1. The minimum atomic E-state index is 0.137. The first-order valence-corrected chi connectivity index (χ1v) is 10.7. The number of hydrogen-bond donors (Lipinski definition) is 0. The van der Waals surface area contributed by atoms with Gasteiger partial charge in [0.1, 0.15) is 0 Å². The number of amides is 1. The SMILES string of the molecule is Cc1ccccc1CN1C(=O)C2=C(CCN(CC3=CCCC=C3)C2)N2CCN=C12. The van der Waals surface area contributed by atoms with Gasteiger partial charge in [-0.1, -0.05) is 42.5 Å². The highest BCUT2D eigenvalue weighted by molar-refractivity contribution is 6.09. The van der Waals surface area contributed by atoms with Crippen LogP contribution in [0.5, 0.6) is 0 Å². The molecule has 5 nitrogen and oxygen atoms in total. The lowest BCUT2D eigenvalue weighted by molar-refractivity contribution is -0.125. The van der Waals surface area contributed by atoms with Crippen LogP contribution in [0.4, 0.5) is 0 Å². The lowest BCUT2D eigenvalue weighted by Gasteiger charge is -2.42. The zero-order valence-corrected chi connectivity index (χ0v) is 17.1. The van der Waals surface area contributed by atoms with E-state index in [0.29, 0.717) is 6.54 Å². The number of benzene rings is 1. The summed E-state index contributed by atoms with van der Waals surface area (Å²) in [6, 6.07) is 8.31. The number of nitrogens with zero attached hydrogens (tertiary/aromatic N) is 4. The third-order valence-electron chi connectivity index (χ3n) is 6.35. The summed E-state index contributed by atoms with van der Waals surface area (Å²) in [7, 11) is 0. The topological polar surface area (TPSA) is 39.2 Å². The lowest BCUT2D eigenvalue weighted by Crippen LogP contribution is -2.53. The molecule has 0 fully saturated rings. The Morgan fingerprint density at radius 3 is 2.83 bits per heavy atom. The Labute approximate surface area is 172 Å². The second kappa shape index (κ2) is 7.64. The number of aryl methyl sites for hydroxylation is 1. The maximum absolute atomic E-state index is 13.6. The average molecular weight is 389 g/mol. The maximum Gasteiger partial charge on any atom is 0.259 e. The van der Waals surface area contributed by atoms with E-state index in [1.54, 1.807) is 0 Å². The van der Waals surface area contributed by atoms with Crippen molar-refractivity contribution in [3.8, 4) is 0 Å². The Kier molecular flexibility index (Phi) is 4.84. The average Bonchev–Trinajstić information content (AvgIpc) is 3.23. The van der Waals surface area contributed by atoms with Gasteiger partial charge < -0.3 is 4.90 Å². The molecule has 0 aromatic heterocycles. The summed E-state index contributed by atoms with van der Waals surface area (Å²) in [6.07, 6.45) is 10.0. The Morgan fingerprint density at radius 2 is 2.00 bits per heavy atom. The van der Waals surface area contributed by atoms with Crippen molar-refractivity contribution in [2.75, 3.05) is 32.7 Å². The molecule has 0 saturated carbocycles. The minimum Gasteiger partial charge on any atom is -0.314 e. The molecule has 29 heavy (non-hydrogen) atoms. The fourth-order valence-corrected chi connectivity index (χ4v) is 4.75. The van der Waals surface area contributed by atoms with Crippen molar-refractivity contribution < 1.29 is 4.79 Å². The zero-order chi connectivity index (χ0) is 19.8. The fourth-order valence-electron chi connectivity index (χ4n) is 4.75. The summed E-state index contributed by atoms with van der Waals surface area (Å²) in [4.78, 5) is 24.9. The molecular weight excluding hydrogens is 360 g/mol. The molecule has 4 aliphatic rings. The van der Waals surface area contributed by atoms with Crippen LogP contribution in [-0.2, 0) is 11.3 Å². The molecule has 0 radical (unpaired) electrons. The summed E-state index contributed by atoms with van der Waals surface area (Å²) < 4.78 is 0. The van der Waals surface area contributed by atoms with Crippen LogP contribution in [0, 0.1) is 6.92 Å². The standard InChI is InChI=1S/C24H28N4O/c1-18-7-5-6-10-20(18)16-28-23(29)21-17-26(15-19-8-3-2-4-9-19)13-11-22(21)27-14-12-25-24(27)28/h3,5-10H,2,4,11-17H2,1H3. The van der Waals surface area contributed by atoms with Crippen molar-refractivity contribution in [2.45, 2.75) is 32.7 Å². The second-order valence-electron chi connectivity index (χ2n) is 8.30. The van der Waals surface area contributed by atoms with Crippen LogP contribution < -0.4 is 0 Å². The van der Waals surface area contributed by atoms with Crippen molar-refractivity contribution in [2.24, 2.45) is 4.99 Å². The van der Waals surface area contributed by atoms with Crippen LogP contribution in [0.25, 0.3) is 0 Å². The van der Waals surface area contributed by atoms with E-state index < -0.39 is 0 Å². The van der Waals surface area contributed by atoms with E-state index in [0.717, 1.165) is 63.5 Å². The Balaban J connectivity index is 1.40. The lowest BCUT2D eigenvalue weighted by atomic mass is 9.99. The van der Waals surface area contributed by atoms with E-state index in [2.05, 4.69) is 47.1 Å². The highest BCUT2D eigenvalue weighted by atomic mass is 16.2. The minimum absolute atomic E-state index is 0.137. The molecule has 0 spiro atoms. The molecule has 1 aliphatic carbocycles. The summed E-state index contributed by atoms with van der Waals surface area (Å²) in [5.74, 6) is 0.987. The second-order valence-corrected chi connectivity index (χ2v) is 8.30. The fraction of sp³-hybridized carbons (Fsp3) is 0.417. The summed E-state index contributed by atoms with van der Waals surface area (Å²) in [6.45, 7) is 7.01. The van der Waals surface area contributed by atoms with Crippen LogP contribution in [-0.4, -0.2) is 59.3 Å². The van der Waals surface area contributed by atoms with Crippen molar-refractivity contribution in [3.63, 3.8) is 0 Å². The van der Waals surface area contributed by atoms with E-state index in [1.807, 2.05) is 17.0 Å². The van der Waals surface area contributed by atoms with Crippen molar-refractivity contribution >= 4 is 11.9 Å². The number of carbonyl (C=O) groups excluding carboxylic acids is 1. The van der Waals surface area contributed by atoms with Gasteiger partial charge >= 0.3 is 0 Å². The quantitative estimate of drug-likeness (QED) is 0.795. The number of carbonyl (C=O) groups is 1. The predicted molar refractivity (Wildman–Crippen MR) is 115 cm³/mol. The van der Waals surface area contributed by atoms with Crippen LogP contribution in [0.2, 0.25) is 0 Å². The van der Waals surface area contributed by atoms with E-state index in [1.165, 1.54) is 22.4 Å². The molecule has 1 aromatic carbocycles. The van der Waals surface area contributed by atoms with Gasteiger partial charge in [-0.25, -0.2) is 0 Å². The molecule has 0 atom stereocenters. The van der Waals surface area contributed by atoms with Crippen LogP contribution in [0.15, 0.2) is 64.3 Å². The largest absolute Gasteiger partial charge is 0.314 e. The van der Waals surface area contributed by atoms with Gasteiger partial charge in [-0.3, -0.25) is 19.6 Å². The van der Waals surface area contributed by atoms with Gasteiger partial charge in [-0.05, 0) is 36.5 Å². The molecule has 5 rings (SSSR count). The third kappa shape index (κ3) is 3.44. The van der Waals surface area contributed by atoms with Gasteiger partial charge in [-0.2, -0.15) is 0 Å². The van der Waals surface area contributed by atoms with E-state index in [4.69, 9.17) is 4.99 Å². The van der Waals surface area contributed by atoms with Gasteiger partial charge in [0.15, 0.2) is 0 Å². The normalized spacial score (nSPS) is 21.9. The molecule has 5 heteroatoms. The number of allylic oxidation sites excluding steroid dienone is 2. The predicted octanol–water partition coefficient (Wildman–Crippen LogP) is 3.25. The smallest absolute Gasteiger partial charge is 0.259 e. The molecule has 0 bridgehead atoms. The Bertz CT molecular complexity index is 955. The number of rotatable bonds is 4. The van der Waals surface area contributed by atoms with Crippen LogP contribution >= 0.6 is 0 Å². The molecule has 0 saturated heterocycles. The number of fused-ring (bicyclic) bond motifs is 2. The Morgan fingerprint density at radius 1 is 1.10 bits per heavy atom. The molecule has 1 amide bonds. The first-order valence-electron chi connectivity index (χ1n) is 10.7. The monoisotopic (exact) mass is 388 g/mol. The van der Waals surface area contributed by atoms with Gasteiger partial charge in [0.05, 0.1) is 18.7 Å². The van der Waals surface area contributed by atoms with E-state index in [-0.39, 0.29) is 5.91 Å². The van der Waals surface area contributed by atoms with Crippen molar-refractivity contribution in [1.29, 1.82) is 0 Å². The molecule has 150 valence electrons. The van der Waals surface area contributed by atoms with Gasteiger partial charge in [-0.15, -0.1) is 0 Å². The van der Waals surface area contributed by atoms with Gasteiger partial charge in [0, 0.05) is 38.3 Å². The highest BCUT2D eigenvalue weighted by Crippen LogP contribution is 2.32. The molecule has 3 aliphatic heterocycles. The first kappa shape index (κ1) is 18.4. The molecule has 0 unspecified atom stereocenters. The number of guanidine groups is 1. The third-order valence-corrected chi connectivity index (χ3v) is 6.35. The first-order chi connectivity index (χ1) is 14.2. The van der Waals surface area contributed by atoms with Crippen molar-refractivity contribution in [3.05, 3.63) is 70.5 Å². The van der Waals surface area contributed by atoms with E-state index in [9.17, 15) is 4.79 Å². The molecule has 1 aromatic rings. The maximum atomic E-state index is 13.6.